The Balaban J connectivity index is 1.14. The number of benzene rings is 1. The number of amides is 1. The number of rotatable bonds is 5. The Morgan fingerprint density at radius 3 is 2.86 bits per heavy atom. The number of aromatic amines is 1. The summed E-state index contributed by atoms with van der Waals surface area (Å²) in [4.78, 5) is 22.3. The van der Waals surface area contributed by atoms with Crippen LogP contribution in [0.2, 0.25) is 0 Å². The van der Waals surface area contributed by atoms with E-state index < -0.39 is 0 Å². The van der Waals surface area contributed by atoms with E-state index in [4.69, 9.17) is 9.40 Å². The number of likely N-dealkylation sites (tertiary alicyclic amines) is 1. The van der Waals surface area contributed by atoms with E-state index in [0.717, 1.165) is 37.1 Å². The SMILES string of the molecule is O=C(CSc1nnc(-c2ccc[nH]2)o1)N1CCC(c2nc3ccccc3s2)CC1. The first-order valence-corrected chi connectivity index (χ1v) is 11.3. The summed E-state index contributed by atoms with van der Waals surface area (Å²) in [5.74, 6) is 1.28. The van der Waals surface area contributed by atoms with Gasteiger partial charge in [-0.05, 0) is 37.1 Å². The second kappa shape index (κ2) is 8.00. The molecule has 29 heavy (non-hydrogen) atoms. The fourth-order valence-corrected chi connectivity index (χ4v) is 5.30. The second-order valence-corrected chi connectivity index (χ2v) is 8.91. The van der Waals surface area contributed by atoms with Crippen molar-refractivity contribution in [2.75, 3.05) is 18.8 Å². The standard InChI is InChI=1S/C20H19N5O2S2/c26-17(12-28-20-24-23-18(27-20)15-5-3-9-21-15)25-10-7-13(8-11-25)19-22-14-4-1-2-6-16(14)29-19/h1-6,9,13,21H,7-8,10-12H2. The summed E-state index contributed by atoms with van der Waals surface area (Å²) in [6, 6.07) is 12.0. The number of carbonyl (C=O) groups is 1. The van der Waals surface area contributed by atoms with Crippen LogP contribution in [0.3, 0.4) is 0 Å². The van der Waals surface area contributed by atoms with Gasteiger partial charge in [0, 0.05) is 25.2 Å². The molecule has 5 rings (SSSR count). The number of H-pyrrole nitrogens is 1. The number of aromatic nitrogens is 4. The Bertz CT molecular complexity index is 1080. The fraction of sp³-hybridized carbons (Fsp3) is 0.300. The van der Waals surface area contributed by atoms with E-state index >= 15 is 0 Å². The van der Waals surface area contributed by atoms with Gasteiger partial charge in [-0.1, -0.05) is 23.9 Å². The van der Waals surface area contributed by atoms with Crippen molar-refractivity contribution in [1.82, 2.24) is 25.1 Å². The molecule has 0 saturated carbocycles. The molecule has 9 heteroatoms. The van der Waals surface area contributed by atoms with Gasteiger partial charge < -0.3 is 14.3 Å². The van der Waals surface area contributed by atoms with Gasteiger partial charge in [0.25, 0.3) is 11.1 Å². The quantitative estimate of drug-likeness (QED) is 0.483. The van der Waals surface area contributed by atoms with Crippen LogP contribution in [0.4, 0.5) is 0 Å². The zero-order chi connectivity index (χ0) is 19.6. The van der Waals surface area contributed by atoms with Crippen LogP contribution in [-0.4, -0.2) is 49.8 Å². The van der Waals surface area contributed by atoms with Crippen LogP contribution < -0.4 is 0 Å². The summed E-state index contributed by atoms with van der Waals surface area (Å²) in [5.41, 5.74) is 1.84. The van der Waals surface area contributed by atoms with Gasteiger partial charge in [0.05, 0.1) is 21.0 Å². The number of hydrogen-bond donors (Lipinski definition) is 1. The van der Waals surface area contributed by atoms with Crippen LogP contribution in [-0.2, 0) is 4.79 Å². The average Bonchev–Trinajstić information content (AvgIpc) is 3.52. The van der Waals surface area contributed by atoms with Crippen molar-refractivity contribution in [2.45, 2.75) is 24.0 Å². The van der Waals surface area contributed by atoms with Crippen molar-refractivity contribution in [3.8, 4) is 11.6 Å². The highest BCUT2D eigenvalue weighted by Crippen LogP contribution is 2.34. The molecule has 1 fully saturated rings. The first kappa shape index (κ1) is 18.4. The average molecular weight is 426 g/mol. The van der Waals surface area contributed by atoms with E-state index in [9.17, 15) is 4.79 Å². The minimum Gasteiger partial charge on any atom is -0.410 e. The molecule has 148 valence electrons. The van der Waals surface area contributed by atoms with Gasteiger partial charge in [-0.25, -0.2) is 4.98 Å². The van der Waals surface area contributed by atoms with Gasteiger partial charge in [-0.3, -0.25) is 4.79 Å². The van der Waals surface area contributed by atoms with Crippen molar-refractivity contribution < 1.29 is 9.21 Å². The van der Waals surface area contributed by atoms with Crippen LogP contribution in [0.15, 0.2) is 52.2 Å². The van der Waals surface area contributed by atoms with Crippen molar-refractivity contribution >= 4 is 39.2 Å². The summed E-state index contributed by atoms with van der Waals surface area (Å²) in [5, 5.41) is 9.62. The molecule has 0 radical (unpaired) electrons. The van der Waals surface area contributed by atoms with Gasteiger partial charge in [0.1, 0.15) is 5.69 Å². The number of thioether (sulfide) groups is 1. The molecule has 1 amide bonds. The molecule has 4 heterocycles. The highest BCUT2D eigenvalue weighted by atomic mass is 32.2. The van der Waals surface area contributed by atoms with E-state index in [1.54, 1.807) is 17.5 Å². The first-order chi connectivity index (χ1) is 14.3. The molecule has 1 saturated heterocycles. The molecule has 0 bridgehead atoms. The van der Waals surface area contributed by atoms with Crippen molar-refractivity contribution in [3.63, 3.8) is 0 Å². The summed E-state index contributed by atoms with van der Waals surface area (Å²) in [6.07, 6.45) is 3.70. The third-order valence-electron chi connectivity index (χ3n) is 5.06. The predicted octanol–water partition coefficient (Wildman–Crippen LogP) is 4.17. The molecule has 1 N–H and O–H groups in total. The highest BCUT2D eigenvalue weighted by molar-refractivity contribution is 7.99. The maximum atomic E-state index is 12.6. The third kappa shape index (κ3) is 3.92. The maximum absolute atomic E-state index is 12.6. The van der Waals surface area contributed by atoms with Gasteiger partial charge in [-0.2, -0.15) is 0 Å². The molecule has 4 aromatic rings. The molecule has 0 aliphatic carbocycles. The normalized spacial score (nSPS) is 15.2. The zero-order valence-electron chi connectivity index (χ0n) is 15.6. The van der Waals surface area contributed by atoms with Crippen LogP contribution in [0.25, 0.3) is 21.8 Å². The van der Waals surface area contributed by atoms with Crippen molar-refractivity contribution in [2.24, 2.45) is 0 Å². The van der Waals surface area contributed by atoms with Crippen LogP contribution in [0, 0.1) is 0 Å². The third-order valence-corrected chi connectivity index (χ3v) is 7.06. The summed E-state index contributed by atoms with van der Waals surface area (Å²) < 4.78 is 6.83. The van der Waals surface area contributed by atoms with Gasteiger partial charge in [-0.15, -0.1) is 21.5 Å². The minimum absolute atomic E-state index is 0.109. The number of fused-ring (bicyclic) bond motifs is 1. The predicted molar refractivity (Wildman–Crippen MR) is 113 cm³/mol. The Morgan fingerprint density at radius 2 is 2.07 bits per heavy atom. The number of nitrogens with one attached hydrogen (secondary N) is 1. The van der Waals surface area contributed by atoms with Gasteiger partial charge in [0.15, 0.2) is 0 Å². The van der Waals surface area contributed by atoms with E-state index in [0.29, 0.717) is 22.8 Å². The lowest BCUT2D eigenvalue weighted by molar-refractivity contribution is -0.129. The largest absolute Gasteiger partial charge is 0.410 e. The fourth-order valence-electron chi connectivity index (χ4n) is 3.50. The smallest absolute Gasteiger partial charge is 0.277 e. The Hall–Kier alpha value is -2.65. The van der Waals surface area contributed by atoms with E-state index in [1.165, 1.54) is 21.5 Å². The minimum atomic E-state index is 0.109. The lowest BCUT2D eigenvalue weighted by Crippen LogP contribution is -2.38. The van der Waals surface area contributed by atoms with Gasteiger partial charge >= 0.3 is 0 Å². The zero-order valence-corrected chi connectivity index (χ0v) is 17.2. The number of para-hydroxylation sites is 1. The molecular weight excluding hydrogens is 406 g/mol. The number of carbonyl (C=O) groups excluding carboxylic acids is 1. The first-order valence-electron chi connectivity index (χ1n) is 9.49. The summed E-state index contributed by atoms with van der Waals surface area (Å²) in [6.45, 7) is 1.52. The van der Waals surface area contributed by atoms with E-state index in [-0.39, 0.29) is 5.91 Å². The molecule has 7 nitrogen and oxygen atoms in total. The number of hydrogen-bond acceptors (Lipinski definition) is 7. The lowest BCUT2D eigenvalue weighted by atomic mass is 9.97. The topological polar surface area (TPSA) is 87.9 Å². The highest BCUT2D eigenvalue weighted by Gasteiger charge is 2.26. The lowest BCUT2D eigenvalue weighted by Gasteiger charge is -2.31. The van der Waals surface area contributed by atoms with Crippen LogP contribution in [0.1, 0.15) is 23.8 Å². The molecule has 0 unspecified atom stereocenters. The monoisotopic (exact) mass is 425 g/mol. The van der Waals surface area contributed by atoms with E-state index in [1.807, 2.05) is 29.2 Å². The number of piperidine rings is 1. The second-order valence-electron chi connectivity index (χ2n) is 6.92. The maximum Gasteiger partial charge on any atom is 0.277 e. The van der Waals surface area contributed by atoms with Crippen molar-refractivity contribution in [3.05, 3.63) is 47.6 Å². The summed E-state index contributed by atoms with van der Waals surface area (Å²) >= 11 is 3.06. The molecule has 1 aliphatic heterocycles. The van der Waals surface area contributed by atoms with E-state index in [2.05, 4.69) is 27.3 Å². The Kier molecular flexibility index (Phi) is 5.07. The molecule has 0 atom stereocenters. The van der Waals surface area contributed by atoms with Crippen LogP contribution in [0.5, 0.6) is 0 Å². The Morgan fingerprint density at radius 1 is 1.21 bits per heavy atom. The number of thiazole rings is 1. The molecular formula is C20H19N5O2S2. The number of nitrogens with zero attached hydrogens (tertiary/aromatic N) is 4. The molecule has 1 aromatic carbocycles. The Labute approximate surface area is 175 Å². The molecule has 3 aromatic heterocycles. The molecule has 1 aliphatic rings. The van der Waals surface area contributed by atoms with Crippen LogP contribution >= 0.6 is 23.1 Å². The van der Waals surface area contributed by atoms with Gasteiger partial charge in [0.2, 0.25) is 5.91 Å². The van der Waals surface area contributed by atoms with Crippen molar-refractivity contribution in [1.29, 1.82) is 0 Å². The molecule has 0 spiro atoms. The summed E-state index contributed by atoms with van der Waals surface area (Å²) in [7, 11) is 0.